The van der Waals surface area contributed by atoms with E-state index in [4.69, 9.17) is 16.3 Å². The number of hydrogen-bond acceptors (Lipinski definition) is 4. The van der Waals surface area contributed by atoms with Crippen molar-refractivity contribution < 1.29 is 13.2 Å². The van der Waals surface area contributed by atoms with Crippen LogP contribution in [0.5, 0.6) is 5.75 Å². The Labute approximate surface area is 160 Å². The Morgan fingerprint density at radius 2 is 2.19 bits per heavy atom. The van der Waals surface area contributed by atoms with Gasteiger partial charge in [-0.15, -0.1) is 0 Å². The summed E-state index contributed by atoms with van der Waals surface area (Å²) >= 11 is 6.25. The predicted octanol–water partition coefficient (Wildman–Crippen LogP) is 1.34. The standard InChI is InChI=1S/C17H27ClN4O3S/c1-19-17(21-11-13-7-9-22(12-13)26(3,23)24)20-8-6-14-4-5-15(25-2)10-16(14)18/h4-5,10,13H,6-9,11-12H2,1-3H3,(H2,19,20,21). The van der Waals surface area contributed by atoms with Crippen molar-refractivity contribution in [1.82, 2.24) is 14.9 Å². The second kappa shape index (κ2) is 9.43. The van der Waals surface area contributed by atoms with Crippen LogP contribution in [0, 0.1) is 5.92 Å². The van der Waals surface area contributed by atoms with Gasteiger partial charge in [-0.1, -0.05) is 17.7 Å². The van der Waals surface area contributed by atoms with E-state index in [9.17, 15) is 8.42 Å². The van der Waals surface area contributed by atoms with Gasteiger partial charge in [0.05, 0.1) is 13.4 Å². The van der Waals surface area contributed by atoms with E-state index in [1.165, 1.54) is 10.6 Å². The molecule has 26 heavy (non-hydrogen) atoms. The number of nitrogens with zero attached hydrogens (tertiary/aromatic N) is 2. The van der Waals surface area contributed by atoms with Crippen LogP contribution in [0.4, 0.5) is 0 Å². The molecular formula is C17H27ClN4O3S. The average Bonchev–Trinajstić information content (AvgIpc) is 3.08. The maximum atomic E-state index is 11.6. The van der Waals surface area contributed by atoms with Crippen LogP contribution in [0.2, 0.25) is 5.02 Å². The average molecular weight is 403 g/mol. The number of benzene rings is 1. The van der Waals surface area contributed by atoms with Gasteiger partial charge in [0.2, 0.25) is 10.0 Å². The van der Waals surface area contributed by atoms with E-state index in [1.54, 1.807) is 20.2 Å². The number of ether oxygens (including phenoxy) is 1. The topological polar surface area (TPSA) is 83.0 Å². The Morgan fingerprint density at radius 1 is 1.42 bits per heavy atom. The first-order chi connectivity index (χ1) is 12.3. The molecule has 2 rings (SSSR count). The van der Waals surface area contributed by atoms with Crippen molar-refractivity contribution in [2.75, 3.05) is 46.6 Å². The molecule has 1 aromatic rings. The van der Waals surface area contributed by atoms with E-state index >= 15 is 0 Å². The summed E-state index contributed by atoms with van der Waals surface area (Å²) in [6.07, 6.45) is 2.88. The maximum Gasteiger partial charge on any atom is 0.211 e. The summed E-state index contributed by atoms with van der Waals surface area (Å²) in [7, 11) is 0.233. The Hall–Kier alpha value is -1.51. The van der Waals surface area contributed by atoms with Crippen LogP contribution in [-0.4, -0.2) is 65.3 Å². The number of nitrogens with one attached hydrogen (secondary N) is 2. The minimum absolute atomic E-state index is 0.291. The first-order valence-corrected chi connectivity index (χ1v) is 10.8. The highest BCUT2D eigenvalue weighted by molar-refractivity contribution is 7.88. The molecule has 1 atom stereocenters. The SMILES string of the molecule is CN=C(NCCc1ccc(OC)cc1Cl)NCC1CCN(S(C)(=O)=O)C1. The summed E-state index contributed by atoms with van der Waals surface area (Å²) in [5.41, 5.74) is 1.04. The molecule has 1 aliphatic rings. The van der Waals surface area contributed by atoms with Crippen molar-refractivity contribution in [3.05, 3.63) is 28.8 Å². The van der Waals surface area contributed by atoms with E-state index in [2.05, 4.69) is 15.6 Å². The third-order valence-corrected chi connectivity index (χ3v) is 6.07. The van der Waals surface area contributed by atoms with Crippen molar-refractivity contribution in [1.29, 1.82) is 0 Å². The van der Waals surface area contributed by atoms with Crippen LogP contribution < -0.4 is 15.4 Å². The summed E-state index contributed by atoms with van der Waals surface area (Å²) in [5, 5.41) is 7.20. The van der Waals surface area contributed by atoms with E-state index < -0.39 is 10.0 Å². The number of guanidine groups is 1. The highest BCUT2D eigenvalue weighted by atomic mass is 35.5. The molecule has 1 heterocycles. The molecule has 0 amide bonds. The molecule has 1 fully saturated rings. The van der Waals surface area contributed by atoms with Crippen LogP contribution in [0.3, 0.4) is 0 Å². The van der Waals surface area contributed by atoms with E-state index in [1.807, 2.05) is 12.1 Å². The first kappa shape index (κ1) is 20.8. The second-order valence-electron chi connectivity index (χ2n) is 6.36. The highest BCUT2D eigenvalue weighted by Gasteiger charge is 2.28. The first-order valence-electron chi connectivity index (χ1n) is 8.55. The number of methoxy groups -OCH3 is 1. The lowest BCUT2D eigenvalue weighted by Crippen LogP contribution is -2.41. The van der Waals surface area contributed by atoms with Crippen LogP contribution in [-0.2, 0) is 16.4 Å². The molecule has 0 radical (unpaired) electrons. The molecule has 1 unspecified atom stereocenters. The normalized spacial score (nSPS) is 18.8. The zero-order valence-electron chi connectivity index (χ0n) is 15.5. The monoisotopic (exact) mass is 402 g/mol. The number of hydrogen-bond donors (Lipinski definition) is 2. The van der Waals surface area contributed by atoms with Gasteiger partial charge in [-0.05, 0) is 36.5 Å². The van der Waals surface area contributed by atoms with Crippen molar-refractivity contribution in [2.24, 2.45) is 10.9 Å². The summed E-state index contributed by atoms with van der Waals surface area (Å²) in [4.78, 5) is 4.21. The molecule has 7 nitrogen and oxygen atoms in total. The Bertz CT molecular complexity index is 740. The number of sulfonamides is 1. The molecular weight excluding hydrogens is 376 g/mol. The molecule has 0 saturated carbocycles. The Kier molecular flexibility index (Phi) is 7.55. The largest absolute Gasteiger partial charge is 0.497 e. The minimum atomic E-state index is -3.10. The van der Waals surface area contributed by atoms with E-state index in [0.29, 0.717) is 43.1 Å². The third-order valence-electron chi connectivity index (χ3n) is 4.45. The summed E-state index contributed by atoms with van der Waals surface area (Å²) in [5.74, 6) is 1.73. The van der Waals surface area contributed by atoms with Gasteiger partial charge in [0, 0.05) is 38.2 Å². The highest BCUT2D eigenvalue weighted by Crippen LogP contribution is 2.22. The quantitative estimate of drug-likeness (QED) is 0.531. The Balaban J connectivity index is 1.75. The lowest BCUT2D eigenvalue weighted by atomic mass is 10.1. The Morgan fingerprint density at radius 3 is 2.77 bits per heavy atom. The molecule has 2 N–H and O–H groups in total. The van der Waals surface area contributed by atoms with Crippen molar-refractivity contribution >= 4 is 27.6 Å². The molecule has 9 heteroatoms. The molecule has 1 aliphatic heterocycles. The summed E-state index contributed by atoms with van der Waals surface area (Å²) in [6, 6.07) is 5.65. The van der Waals surface area contributed by atoms with Gasteiger partial charge in [0.1, 0.15) is 5.75 Å². The summed E-state index contributed by atoms with van der Waals surface area (Å²) in [6.45, 7) is 2.53. The fraction of sp³-hybridized carbons (Fsp3) is 0.588. The zero-order valence-corrected chi connectivity index (χ0v) is 17.0. The lowest BCUT2D eigenvalue weighted by Gasteiger charge is -2.16. The molecule has 0 aliphatic carbocycles. The molecule has 146 valence electrons. The van der Waals surface area contributed by atoms with Crippen molar-refractivity contribution in [3.63, 3.8) is 0 Å². The van der Waals surface area contributed by atoms with Crippen molar-refractivity contribution in [2.45, 2.75) is 12.8 Å². The van der Waals surface area contributed by atoms with Crippen molar-refractivity contribution in [3.8, 4) is 5.75 Å². The van der Waals surface area contributed by atoms with Crippen LogP contribution in [0.1, 0.15) is 12.0 Å². The van der Waals surface area contributed by atoms with Crippen LogP contribution >= 0.6 is 11.6 Å². The van der Waals surface area contributed by atoms with Gasteiger partial charge >= 0.3 is 0 Å². The number of aliphatic imine (C=N–C) groups is 1. The fourth-order valence-electron chi connectivity index (χ4n) is 2.90. The molecule has 1 aromatic carbocycles. The molecule has 1 saturated heterocycles. The maximum absolute atomic E-state index is 11.6. The van der Waals surface area contributed by atoms with Gasteiger partial charge in [-0.3, -0.25) is 4.99 Å². The van der Waals surface area contributed by atoms with E-state index in [0.717, 1.165) is 24.2 Å². The van der Waals surface area contributed by atoms with Gasteiger partial charge in [0.25, 0.3) is 0 Å². The minimum Gasteiger partial charge on any atom is -0.497 e. The smallest absolute Gasteiger partial charge is 0.211 e. The van der Waals surface area contributed by atoms with Gasteiger partial charge in [-0.2, -0.15) is 0 Å². The molecule has 0 spiro atoms. The number of rotatable bonds is 7. The van der Waals surface area contributed by atoms with Gasteiger partial charge in [-0.25, -0.2) is 12.7 Å². The third kappa shape index (κ3) is 6.03. The molecule has 0 aromatic heterocycles. The van der Waals surface area contributed by atoms with Crippen LogP contribution in [0.15, 0.2) is 23.2 Å². The number of halogens is 1. The second-order valence-corrected chi connectivity index (χ2v) is 8.75. The fourth-order valence-corrected chi connectivity index (χ4v) is 4.08. The zero-order chi connectivity index (χ0) is 19.2. The molecule has 0 bridgehead atoms. The van der Waals surface area contributed by atoms with Gasteiger partial charge < -0.3 is 15.4 Å². The van der Waals surface area contributed by atoms with E-state index in [-0.39, 0.29) is 0 Å². The van der Waals surface area contributed by atoms with Gasteiger partial charge in [0.15, 0.2) is 5.96 Å². The summed E-state index contributed by atoms with van der Waals surface area (Å²) < 4.78 is 29.8. The van der Waals surface area contributed by atoms with Crippen LogP contribution in [0.25, 0.3) is 0 Å². The predicted molar refractivity (Wildman–Crippen MR) is 106 cm³/mol. The lowest BCUT2D eigenvalue weighted by molar-refractivity contribution is 0.414.